The molecule has 4 nitrogen and oxygen atoms in total. The summed E-state index contributed by atoms with van der Waals surface area (Å²) in [7, 11) is 0. The van der Waals surface area contributed by atoms with E-state index in [-0.39, 0.29) is 5.56 Å². The number of nitrogens with zero attached hydrogens (tertiary/aromatic N) is 2. The molecule has 1 aliphatic carbocycles. The molecule has 24 heavy (non-hydrogen) atoms. The van der Waals surface area contributed by atoms with Gasteiger partial charge in [0.1, 0.15) is 5.75 Å². The molecule has 2 N–H and O–H groups in total. The summed E-state index contributed by atoms with van der Waals surface area (Å²) in [6.45, 7) is 3.07. The number of hydrogen-bond acceptors (Lipinski definition) is 4. The molecule has 7 heteroatoms. The van der Waals surface area contributed by atoms with Crippen LogP contribution in [0.2, 0.25) is 0 Å². The zero-order valence-corrected chi connectivity index (χ0v) is 13.2. The molecule has 1 heterocycles. The molecule has 0 amide bonds. The van der Waals surface area contributed by atoms with Crippen LogP contribution in [0.4, 0.5) is 13.2 Å². The number of hydrogen-bond donors (Lipinski definition) is 2. The van der Waals surface area contributed by atoms with E-state index in [0.717, 1.165) is 30.3 Å². The van der Waals surface area contributed by atoms with Crippen molar-refractivity contribution in [1.82, 2.24) is 15.5 Å². The molecular formula is C17H18F3N3O. The van der Waals surface area contributed by atoms with Gasteiger partial charge in [-0.1, -0.05) is 0 Å². The van der Waals surface area contributed by atoms with Crippen LogP contribution in [0.1, 0.15) is 29.7 Å². The molecule has 128 valence electrons. The number of halogens is 3. The van der Waals surface area contributed by atoms with Gasteiger partial charge in [0.2, 0.25) is 0 Å². The van der Waals surface area contributed by atoms with Crippen LogP contribution < -0.4 is 5.32 Å². The Labute approximate surface area is 137 Å². The average molecular weight is 337 g/mol. The zero-order valence-electron chi connectivity index (χ0n) is 13.2. The topological polar surface area (TPSA) is 58.0 Å². The van der Waals surface area contributed by atoms with Crippen molar-refractivity contribution in [1.29, 1.82) is 0 Å². The van der Waals surface area contributed by atoms with Gasteiger partial charge < -0.3 is 10.4 Å². The molecule has 1 saturated carbocycles. The third kappa shape index (κ3) is 3.84. The quantitative estimate of drug-likeness (QED) is 0.874. The summed E-state index contributed by atoms with van der Waals surface area (Å²) in [6, 6.07) is 5.15. The highest BCUT2D eigenvalue weighted by Gasteiger charge is 2.32. The Bertz CT molecular complexity index is 702. The fraction of sp³-hybridized carbons (Fsp3) is 0.412. The van der Waals surface area contributed by atoms with Gasteiger partial charge in [-0.05, 0) is 62.1 Å². The van der Waals surface area contributed by atoms with Crippen molar-refractivity contribution in [3.05, 3.63) is 41.1 Å². The number of aryl methyl sites for hydroxylation is 1. The van der Waals surface area contributed by atoms with Crippen molar-refractivity contribution < 1.29 is 18.3 Å². The van der Waals surface area contributed by atoms with Crippen LogP contribution in [0.5, 0.6) is 5.75 Å². The Morgan fingerprint density at radius 3 is 2.50 bits per heavy atom. The zero-order chi connectivity index (χ0) is 17.3. The summed E-state index contributed by atoms with van der Waals surface area (Å²) in [5, 5.41) is 21.4. The summed E-state index contributed by atoms with van der Waals surface area (Å²) in [5.74, 6) is 0.320. The second-order valence-electron chi connectivity index (χ2n) is 6.17. The van der Waals surface area contributed by atoms with Crippen molar-refractivity contribution in [2.24, 2.45) is 5.92 Å². The first-order valence-electron chi connectivity index (χ1n) is 7.79. The summed E-state index contributed by atoms with van der Waals surface area (Å²) in [6.07, 6.45) is -1.96. The second-order valence-corrected chi connectivity index (χ2v) is 6.17. The molecule has 0 radical (unpaired) electrons. The molecular weight excluding hydrogens is 319 g/mol. The van der Waals surface area contributed by atoms with E-state index >= 15 is 0 Å². The van der Waals surface area contributed by atoms with Crippen LogP contribution in [0, 0.1) is 12.8 Å². The monoisotopic (exact) mass is 337 g/mol. The lowest BCUT2D eigenvalue weighted by molar-refractivity contribution is -0.137. The van der Waals surface area contributed by atoms with Crippen molar-refractivity contribution in [2.75, 3.05) is 6.54 Å². The molecule has 1 fully saturated rings. The molecule has 0 bridgehead atoms. The number of rotatable bonds is 5. The lowest BCUT2D eigenvalue weighted by Crippen LogP contribution is -2.17. The predicted octanol–water partition coefficient (Wildman–Crippen LogP) is 3.68. The normalized spacial score (nSPS) is 14.8. The summed E-state index contributed by atoms with van der Waals surface area (Å²) >= 11 is 0. The molecule has 0 saturated heterocycles. The molecule has 0 atom stereocenters. The third-order valence-electron chi connectivity index (χ3n) is 4.05. The van der Waals surface area contributed by atoms with Gasteiger partial charge in [-0.25, -0.2) is 0 Å². The van der Waals surface area contributed by atoms with E-state index in [1.807, 2.05) is 0 Å². The van der Waals surface area contributed by atoms with Crippen molar-refractivity contribution in [2.45, 2.75) is 32.5 Å². The van der Waals surface area contributed by atoms with Crippen molar-refractivity contribution in [3.63, 3.8) is 0 Å². The standard InChI is InChI=1S/C17H18F3N3O/c1-10-6-12(17(18,19)20)7-15(24)16(10)14-5-4-13(22-23-14)9-21-8-11-2-3-11/h4-7,11,21,24H,2-3,8-9H2,1H3. The predicted molar refractivity (Wildman–Crippen MR) is 83.3 cm³/mol. The van der Waals surface area contributed by atoms with Crippen LogP contribution in [-0.4, -0.2) is 21.8 Å². The van der Waals surface area contributed by atoms with E-state index in [4.69, 9.17) is 0 Å². The van der Waals surface area contributed by atoms with Crippen LogP contribution in [-0.2, 0) is 12.7 Å². The number of aromatic nitrogens is 2. The second kappa shape index (κ2) is 6.39. The van der Waals surface area contributed by atoms with Gasteiger partial charge in [0.25, 0.3) is 0 Å². The Morgan fingerprint density at radius 1 is 1.21 bits per heavy atom. The minimum Gasteiger partial charge on any atom is -0.507 e. The summed E-state index contributed by atoms with van der Waals surface area (Å²) < 4.78 is 38.3. The van der Waals surface area contributed by atoms with Gasteiger partial charge in [0.05, 0.1) is 17.0 Å². The van der Waals surface area contributed by atoms with E-state index < -0.39 is 17.5 Å². The molecule has 0 spiro atoms. The molecule has 3 rings (SSSR count). The van der Waals surface area contributed by atoms with E-state index in [0.29, 0.717) is 17.8 Å². The Kier molecular flexibility index (Phi) is 4.45. The molecule has 0 aliphatic heterocycles. The third-order valence-corrected chi connectivity index (χ3v) is 4.05. The molecule has 1 aromatic carbocycles. The summed E-state index contributed by atoms with van der Waals surface area (Å²) in [4.78, 5) is 0. The first-order valence-corrected chi connectivity index (χ1v) is 7.79. The highest BCUT2D eigenvalue weighted by Crippen LogP contribution is 2.38. The van der Waals surface area contributed by atoms with Gasteiger partial charge in [-0.3, -0.25) is 0 Å². The number of aromatic hydroxyl groups is 1. The maximum absolute atomic E-state index is 12.8. The van der Waals surface area contributed by atoms with Crippen LogP contribution >= 0.6 is 0 Å². The van der Waals surface area contributed by atoms with Crippen LogP contribution in [0.15, 0.2) is 24.3 Å². The van der Waals surface area contributed by atoms with Gasteiger partial charge >= 0.3 is 6.18 Å². The Balaban J connectivity index is 1.78. The molecule has 0 unspecified atom stereocenters. The largest absolute Gasteiger partial charge is 0.507 e. The van der Waals surface area contributed by atoms with Gasteiger partial charge in [-0.15, -0.1) is 0 Å². The molecule has 2 aromatic rings. The number of phenols is 1. The Hall–Kier alpha value is -2.15. The van der Waals surface area contributed by atoms with Gasteiger partial charge in [-0.2, -0.15) is 23.4 Å². The van der Waals surface area contributed by atoms with Gasteiger partial charge in [0.15, 0.2) is 0 Å². The molecule has 1 aliphatic rings. The first-order chi connectivity index (χ1) is 11.3. The maximum atomic E-state index is 12.8. The summed E-state index contributed by atoms with van der Waals surface area (Å²) in [5.41, 5.74) is 0.799. The average Bonchev–Trinajstić information content (AvgIpc) is 3.31. The maximum Gasteiger partial charge on any atom is 0.416 e. The van der Waals surface area contributed by atoms with E-state index in [1.165, 1.54) is 19.8 Å². The van der Waals surface area contributed by atoms with Crippen molar-refractivity contribution in [3.8, 4) is 17.0 Å². The lowest BCUT2D eigenvalue weighted by atomic mass is 10.0. The number of phenolic OH excluding ortho intramolecular Hbond substituents is 1. The Morgan fingerprint density at radius 2 is 1.96 bits per heavy atom. The van der Waals surface area contributed by atoms with E-state index in [1.54, 1.807) is 12.1 Å². The van der Waals surface area contributed by atoms with Crippen LogP contribution in [0.3, 0.4) is 0 Å². The fourth-order valence-electron chi connectivity index (χ4n) is 2.58. The smallest absolute Gasteiger partial charge is 0.416 e. The fourth-order valence-corrected chi connectivity index (χ4v) is 2.58. The number of nitrogens with one attached hydrogen (secondary N) is 1. The SMILES string of the molecule is Cc1cc(C(F)(F)F)cc(O)c1-c1ccc(CNCC2CC2)nn1. The first kappa shape index (κ1) is 16.7. The minimum atomic E-state index is -4.50. The van der Waals surface area contributed by atoms with Crippen LogP contribution in [0.25, 0.3) is 11.3 Å². The number of alkyl halides is 3. The molecule has 1 aromatic heterocycles. The lowest BCUT2D eigenvalue weighted by Gasteiger charge is -2.13. The van der Waals surface area contributed by atoms with E-state index in [9.17, 15) is 18.3 Å². The highest BCUT2D eigenvalue weighted by atomic mass is 19.4. The number of benzene rings is 1. The van der Waals surface area contributed by atoms with E-state index in [2.05, 4.69) is 15.5 Å². The van der Waals surface area contributed by atoms with Gasteiger partial charge in [0, 0.05) is 12.1 Å². The minimum absolute atomic E-state index is 0.271. The highest BCUT2D eigenvalue weighted by molar-refractivity contribution is 5.71. The van der Waals surface area contributed by atoms with Crippen molar-refractivity contribution >= 4 is 0 Å².